The average molecular weight is 237 g/mol. The third kappa shape index (κ3) is 3.08. The summed E-state index contributed by atoms with van der Waals surface area (Å²) in [5.41, 5.74) is 5.48. The van der Waals surface area contributed by atoms with E-state index >= 15 is 0 Å². The molecule has 94 valence electrons. The van der Waals surface area contributed by atoms with Crippen LogP contribution in [0.4, 0.5) is 0 Å². The van der Waals surface area contributed by atoms with Gasteiger partial charge in [-0.2, -0.15) is 0 Å². The maximum atomic E-state index is 12.0. The van der Waals surface area contributed by atoms with Crippen molar-refractivity contribution in [3.8, 4) is 0 Å². The zero-order valence-corrected chi connectivity index (χ0v) is 9.97. The molecule has 0 bridgehead atoms. The van der Waals surface area contributed by atoms with Crippen LogP contribution in [0.25, 0.3) is 0 Å². The molecule has 0 aromatic carbocycles. The molecule has 1 amide bonds. The summed E-state index contributed by atoms with van der Waals surface area (Å²) < 4.78 is 5.12. The molecule has 2 rings (SSSR count). The van der Waals surface area contributed by atoms with Gasteiger partial charge in [0.05, 0.1) is 6.26 Å². The highest BCUT2D eigenvalue weighted by molar-refractivity contribution is 5.91. The fourth-order valence-electron chi connectivity index (χ4n) is 2.05. The van der Waals surface area contributed by atoms with E-state index in [-0.39, 0.29) is 5.91 Å². The van der Waals surface area contributed by atoms with E-state index < -0.39 is 0 Å². The van der Waals surface area contributed by atoms with E-state index in [0.29, 0.717) is 5.76 Å². The molecule has 1 aromatic rings. The van der Waals surface area contributed by atoms with Gasteiger partial charge in [0, 0.05) is 26.2 Å². The number of piperazine rings is 1. The Kier molecular flexibility index (Phi) is 4.17. The van der Waals surface area contributed by atoms with E-state index in [1.165, 1.54) is 6.26 Å². The molecule has 0 spiro atoms. The first-order valence-electron chi connectivity index (χ1n) is 6.06. The number of nitrogens with zero attached hydrogens (tertiary/aromatic N) is 2. The Hall–Kier alpha value is -1.33. The van der Waals surface area contributed by atoms with Crippen LogP contribution in [0.15, 0.2) is 22.8 Å². The van der Waals surface area contributed by atoms with E-state index in [4.69, 9.17) is 10.2 Å². The van der Waals surface area contributed by atoms with Crippen molar-refractivity contribution in [3.63, 3.8) is 0 Å². The Morgan fingerprint density at radius 2 is 2.12 bits per heavy atom. The zero-order chi connectivity index (χ0) is 12.1. The highest BCUT2D eigenvalue weighted by atomic mass is 16.3. The lowest BCUT2D eigenvalue weighted by Gasteiger charge is -2.34. The van der Waals surface area contributed by atoms with Crippen LogP contribution >= 0.6 is 0 Å². The topological polar surface area (TPSA) is 62.7 Å². The Morgan fingerprint density at radius 1 is 1.35 bits per heavy atom. The van der Waals surface area contributed by atoms with Gasteiger partial charge in [0.25, 0.3) is 5.91 Å². The minimum atomic E-state index is -0.00604. The number of nitrogens with two attached hydrogens (primary N) is 1. The second kappa shape index (κ2) is 5.84. The van der Waals surface area contributed by atoms with Crippen LogP contribution in [0.1, 0.15) is 17.0 Å². The molecule has 2 N–H and O–H groups in total. The molecule has 0 aliphatic carbocycles. The largest absolute Gasteiger partial charge is 0.459 e. The summed E-state index contributed by atoms with van der Waals surface area (Å²) >= 11 is 0. The minimum Gasteiger partial charge on any atom is -0.459 e. The lowest BCUT2D eigenvalue weighted by molar-refractivity contribution is 0.0606. The molecule has 5 heteroatoms. The molecule has 1 aliphatic rings. The Labute approximate surface area is 101 Å². The first-order chi connectivity index (χ1) is 8.31. The molecule has 1 aliphatic heterocycles. The number of furan rings is 1. The predicted octanol–water partition coefficient (Wildman–Crippen LogP) is 0.386. The zero-order valence-electron chi connectivity index (χ0n) is 9.97. The second-order valence-electron chi connectivity index (χ2n) is 4.25. The SMILES string of the molecule is NCCCN1CCN(C(=O)c2ccco2)CC1. The summed E-state index contributed by atoms with van der Waals surface area (Å²) in [6.45, 7) is 5.14. The summed E-state index contributed by atoms with van der Waals surface area (Å²) in [7, 11) is 0. The molecule has 0 atom stereocenters. The number of amides is 1. The van der Waals surface area contributed by atoms with E-state index in [1.807, 2.05) is 4.90 Å². The van der Waals surface area contributed by atoms with E-state index in [0.717, 1.165) is 45.7 Å². The molecular weight excluding hydrogens is 218 g/mol. The van der Waals surface area contributed by atoms with Gasteiger partial charge >= 0.3 is 0 Å². The second-order valence-corrected chi connectivity index (χ2v) is 4.25. The number of hydrogen-bond acceptors (Lipinski definition) is 4. The fourth-order valence-corrected chi connectivity index (χ4v) is 2.05. The Bertz CT molecular complexity index is 343. The van der Waals surface area contributed by atoms with Gasteiger partial charge in [0.2, 0.25) is 0 Å². The van der Waals surface area contributed by atoms with E-state index in [9.17, 15) is 4.79 Å². The van der Waals surface area contributed by atoms with Gasteiger partial charge in [-0.15, -0.1) is 0 Å². The van der Waals surface area contributed by atoms with Crippen molar-refractivity contribution in [3.05, 3.63) is 24.2 Å². The van der Waals surface area contributed by atoms with Gasteiger partial charge in [-0.25, -0.2) is 0 Å². The highest BCUT2D eigenvalue weighted by Gasteiger charge is 2.23. The number of carbonyl (C=O) groups excluding carboxylic acids is 1. The number of carbonyl (C=O) groups is 1. The molecule has 5 nitrogen and oxygen atoms in total. The average Bonchev–Trinajstić information content (AvgIpc) is 2.90. The maximum Gasteiger partial charge on any atom is 0.289 e. The Morgan fingerprint density at radius 3 is 2.71 bits per heavy atom. The monoisotopic (exact) mass is 237 g/mol. The molecule has 2 heterocycles. The van der Waals surface area contributed by atoms with Crippen LogP contribution in [-0.4, -0.2) is 55.0 Å². The van der Waals surface area contributed by atoms with Gasteiger partial charge in [-0.05, 0) is 31.6 Å². The molecule has 1 saturated heterocycles. The number of rotatable bonds is 4. The van der Waals surface area contributed by atoms with Crippen LogP contribution in [0.5, 0.6) is 0 Å². The van der Waals surface area contributed by atoms with E-state index in [1.54, 1.807) is 12.1 Å². The van der Waals surface area contributed by atoms with E-state index in [2.05, 4.69) is 4.90 Å². The van der Waals surface area contributed by atoms with Crippen LogP contribution in [0.3, 0.4) is 0 Å². The van der Waals surface area contributed by atoms with Crippen molar-refractivity contribution in [2.75, 3.05) is 39.3 Å². The molecule has 0 unspecified atom stereocenters. The van der Waals surface area contributed by atoms with Crippen LogP contribution in [0.2, 0.25) is 0 Å². The van der Waals surface area contributed by atoms with Gasteiger partial charge in [-0.3, -0.25) is 9.69 Å². The van der Waals surface area contributed by atoms with Crippen LogP contribution < -0.4 is 5.73 Å². The smallest absolute Gasteiger partial charge is 0.289 e. The summed E-state index contributed by atoms with van der Waals surface area (Å²) in [5.74, 6) is 0.425. The van der Waals surface area contributed by atoms with Crippen LogP contribution in [-0.2, 0) is 0 Å². The summed E-state index contributed by atoms with van der Waals surface area (Å²) in [6, 6.07) is 3.45. The number of hydrogen-bond donors (Lipinski definition) is 1. The maximum absolute atomic E-state index is 12.0. The Balaban J connectivity index is 1.81. The lowest BCUT2D eigenvalue weighted by Crippen LogP contribution is -2.48. The normalized spacial score (nSPS) is 17.4. The van der Waals surface area contributed by atoms with Crippen molar-refractivity contribution in [1.29, 1.82) is 0 Å². The fraction of sp³-hybridized carbons (Fsp3) is 0.583. The van der Waals surface area contributed by atoms with Gasteiger partial charge in [-0.1, -0.05) is 0 Å². The van der Waals surface area contributed by atoms with Crippen molar-refractivity contribution in [2.24, 2.45) is 5.73 Å². The lowest BCUT2D eigenvalue weighted by atomic mass is 10.2. The van der Waals surface area contributed by atoms with Crippen molar-refractivity contribution < 1.29 is 9.21 Å². The first kappa shape index (κ1) is 12.1. The third-order valence-electron chi connectivity index (χ3n) is 3.07. The van der Waals surface area contributed by atoms with Crippen molar-refractivity contribution in [2.45, 2.75) is 6.42 Å². The minimum absolute atomic E-state index is 0.00604. The molecule has 17 heavy (non-hydrogen) atoms. The van der Waals surface area contributed by atoms with Crippen molar-refractivity contribution >= 4 is 5.91 Å². The summed E-state index contributed by atoms with van der Waals surface area (Å²) in [5, 5.41) is 0. The standard InChI is InChI=1S/C12H19N3O2/c13-4-2-5-14-6-8-15(9-7-14)12(16)11-3-1-10-17-11/h1,3,10H,2,4-9,13H2. The molecule has 1 aromatic heterocycles. The summed E-state index contributed by atoms with van der Waals surface area (Å²) in [4.78, 5) is 16.2. The highest BCUT2D eigenvalue weighted by Crippen LogP contribution is 2.09. The predicted molar refractivity (Wildman–Crippen MR) is 64.7 cm³/mol. The third-order valence-corrected chi connectivity index (χ3v) is 3.07. The first-order valence-corrected chi connectivity index (χ1v) is 6.06. The van der Waals surface area contributed by atoms with Gasteiger partial charge < -0.3 is 15.1 Å². The quantitative estimate of drug-likeness (QED) is 0.822. The van der Waals surface area contributed by atoms with Crippen LogP contribution in [0, 0.1) is 0 Å². The molecule has 1 fully saturated rings. The van der Waals surface area contributed by atoms with Gasteiger partial charge in [0.15, 0.2) is 5.76 Å². The van der Waals surface area contributed by atoms with Crippen molar-refractivity contribution in [1.82, 2.24) is 9.80 Å². The van der Waals surface area contributed by atoms with Gasteiger partial charge in [0.1, 0.15) is 0 Å². The molecule has 0 saturated carbocycles. The molecular formula is C12H19N3O2. The summed E-state index contributed by atoms with van der Waals surface area (Å²) in [6.07, 6.45) is 2.55. The molecule has 0 radical (unpaired) electrons.